The quantitative estimate of drug-likeness (QED) is 0.259. The lowest BCUT2D eigenvalue weighted by molar-refractivity contribution is -0.122. The van der Waals surface area contributed by atoms with Crippen molar-refractivity contribution in [1.29, 1.82) is 0 Å². The summed E-state index contributed by atoms with van der Waals surface area (Å²) < 4.78 is 27.6. The number of unbranched alkanes of at least 4 members (excludes halogenated alkanes) is 2. The minimum absolute atomic E-state index is 0.0462. The van der Waals surface area contributed by atoms with Gasteiger partial charge < -0.3 is 11.1 Å². The van der Waals surface area contributed by atoms with Crippen molar-refractivity contribution in [2.75, 3.05) is 11.3 Å². The molecule has 0 saturated heterocycles. The molecule has 32 heavy (non-hydrogen) atoms. The number of rotatable bonds is 10. The number of hydrazine groups is 1. The molecule has 2 aromatic carbocycles. The Balaban J connectivity index is 1.87. The molecule has 0 aliphatic carbocycles. The molecule has 0 saturated carbocycles. The zero-order valence-corrected chi connectivity index (χ0v) is 18.6. The standard InChI is InChI=1S/C20H24ClN5O5S/c21-16-9-3-4-10-17(16)26-32(30,31)15-8-6-7-14(13-15)19(28)25-24-18(27)11-2-1-5-12-23-20(22)29/h3-4,6-10,13,26H,1-2,5,11-12H2,(H,24,27)(H,25,28)(H3,22,23,29). The van der Waals surface area contributed by atoms with Crippen LogP contribution in [0.3, 0.4) is 0 Å². The molecule has 172 valence electrons. The van der Waals surface area contributed by atoms with Gasteiger partial charge in [-0.25, -0.2) is 13.2 Å². The van der Waals surface area contributed by atoms with Crippen molar-refractivity contribution in [3.05, 3.63) is 59.1 Å². The van der Waals surface area contributed by atoms with Crippen LogP contribution in [0.5, 0.6) is 0 Å². The Labute approximate surface area is 190 Å². The molecule has 0 aliphatic heterocycles. The van der Waals surface area contributed by atoms with Crippen molar-refractivity contribution in [3.63, 3.8) is 0 Å². The topological polar surface area (TPSA) is 159 Å². The van der Waals surface area contributed by atoms with Crippen molar-refractivity contribution in [2.24, 2.45) is 5.73 Å². The predicted octanol–water partition coefficient (Wildman–Crippen LogP) is 2.13. The first-order valence-electron chi connectivity index (χ1n) is 9.69. The third-order valence-electron chi connectivity index (χ3n) is 4.22. The smallest absolute Gasteiger partial charge is 0.312 e. The molecule has 12 heteroatoms. The predicted molar refractivity (Wildman–Crippen MR) is 120 cm³/mol. The SMILES string of the molecule is NC(=O)NCCCCCC(=O)NNC(=O)c1cccc(S(=O)(=O)Nc2ccccc2Cl)c1. The number of sulfonamides is 1. The van der Waals surface area contributed by atoms with E-state index in [1.165, 1.54) is 30.3 Å². The normalized spacial score (nSPS) is 10.8. The van der Waals surface area contributed by atoms with Gasteiger partial charge in [0.25, 0.3) is 15.9 Å². The van der Waals surface area contributed by atoms with Crippen LogP contribution in [-0.2, 0) is 14.8 Å². The lowest BCUT2D eigenvalue weighted by Gasteiger charge is -2.11. The Bertz CT molecular complexity index is 1080. The van der Waals surface area contributed by atoms with E-state index < -0.39 is 27.9 Å². The summed E-state index contributed by atoms with van der Waals surface area (Å²) in [5.74, 6) is -1.07. The maximum atomic E-state index is 12.6. The van der Waals surface area contributed by atoms with E-state index >= 15 is 0 Å². The van der Waals surface area contributed by atoms with Gasteiger partial charge in [-0.1, -0.05) is 36.2 Å². The highest BCUT2D eigenvalue weighted by molar-refractivity contribution is 7.92. The van der Waals surface area contributed by atoms with Crippen molar-refractivity contribution in [1.82, 2.24) is 16.2 Å². The second-order valence-electron chi connectivity index (χ2n) is 6.72. The van der Waals surface area contributed by atoms with Crippen LogP contribution in [0.25, 0.3) is 0 Å². The molecule has 4 amide bonds. The number of benzene rings is 2. The first-order chi connectivity index (χ1) is 15.2. The molecule has 2 aromatic rings. The average molecular weight is 482 g/mol. The van der Waals surface area contributed by atoms with E-state index in [0.717, 1.165) is 0 Å². The molecular weight excluding hydrogens is 458 g/mol. The van der Waals surface area contributed by atoms with Crippen molar-refractivity contribution in [3.8, 4) is 0 Å². The summed E-state index contributed by atoms with van der Waals surface area (Å²) >= 11 is 5.99. The van der Waals surface area contributed by atoms with Crippen LogP contribution in [0, 0.1) is 0 Å². The summed E-state index contributed by atoms with van der Waals surface area (Å²) in [6, 6.07) is 11.1. The number of primary amides is 1. The summed E-state index contributed by atoms with van der Waals surface area (Å²) in [5, 5.41) is 2.68. The number of hydrogen-bond acceptors (Lipinski definition) is 5. The zero-order valence-electron chi connectivity index (χ0n) is 17.1. The minimum atomic E-state index is -3.98. The summed E-state index contributed by atoms with van der Waals surface area (Å²) in [7, 11) is -3.98. The molecule has 0 aliphatic rings. The van der Waals surface area contributed by atoms with Gasteiger partial charge in [0.05, 0.1) is 15.6 Å². The Morgan fingerprint density at radius 1 is 0.938 bits per heavy atom. The monoisotopic (exact) mass is 481 g/mol. The van der Waals surface area contributed by atoms with E-state index in [4.69, 9.17) is 17.3 Å². The van der Waals surface area contributed by atoms with Crippen molar-refractivity contribution >= 4 is 45.2 Å². The van der Waals surface area contributed by atoms with Gasteiger partial charge >= 0.3 is 6.03 Å². The number of carbonyl (C=O) groups excluding carboxylic acids is 3. The summed E-state index contributed by atoms with van der Waals surface area (Å²) in [6.07, 6.45) is 2.10. The summed E-state index contributed by atoms with van der Waals surface area (Å²) in [4.78, 5) is 34.6. The lowest BCUT2D eigenvalue weighted by Crippen LogP contribution is -2.41. The molecule has 0 heterocycles. The maximum Gasteiger partial charge on any atom is 0.312 e. The van der Waals surface area contributed by atoms with E-state index in [2.05, 4.69) is 20.9 Å². The molecule has 0 unspecified atom stereocenters. The van der Waals surface area contributed by atoms with Gasteiger partial charge in [0, 0.05) is 18.5 Å². The molecule has 2 rings (SSSR count). The van der Waals surface area contributed by atoms with E-state index in [0.29, 0.717) is 25.8 Å². The number of para-hydroxylation sites is 1. The average Bonchev–Trinajstić information content (AvgIpc) is 2.76. The van der Waals surface area contributed by atoms with Crippen LogP contribution in [0.4, 0.5) is 10.5 Å². The van der Waals surface area contributed by atoms with Crippen molar-refractivity contribution < 1.29 is 22.8 Å². The molecular formula is C20H24ClN5O5S. The first-order valence-corrected chi connectivity index (χ1v) is 11.5. The fraction of sp³-hybridized carbons (Fsp3) is 0.250. The molecule has 0 bridgehead atoms. The fourth-order valence-corrected chi connectivity index (χ4v) is 3.98. The number of carbonyl (C=O) groups is 3. The lowest BCUT2D eigenvalue weighted by atomic mass is 10.2. The number of amides is 4. The van der Waals surface area contributed by atoms with Gasteiger partial charge in [-0.15, -0.1) is 0 Å². The van der Waals surface area contributed by atoms with Gasteiger partial charge in [0.1, 0.15) is 0 Å². The van der Waals surface area contributed by atoms with E-state index in [9.17, 15) is 22.8 Å². The third kappa shape index (κ3) is 8.08. The number of nitrogens with two attached hydrogens (primary N) is 1. The highest BCUT2D eigenvalue weighted by Crippen LogP contribution is 2.24. The van der Waals surface area contributed by atoms with Gasteiger partial charge in [-0.2, -0.15) is 0 Å². The number of urea groups is 1. The summed E-state index contributed by atoms with van der Waals surface area (Å²) in [5.41, 5.74) is 9.74. The van der Waals surface area contributed by atoms with Crippen LogP contribution in [0.15, 0.2) is 53.4 Å². The fourth-order valence-electron chi connectivity index (χ4n) is 2.61. The number of nitrogens with one attached hydrogen (secondary N) is 4. The maximum absolute atomic E-state index is 12.6. The number of hydrogen-bond donors (Lipinski definition) is 5. The number of anilines is 1. The second kappa shape index (κ2) is 11.9. The van der Waals surface area contributed by atoms with E-state index in [1.807, 2.05) is 0 Å². The van der Waals surface area contributed by atoms with Gasteiger partial charge in [0.2, 0.25) is 5.91 Å². The van der Waals surface area contributed by atoms with Crippen LogP contribution >= 0.6 is 11.6 Å². The molecule has 0 radical (unpaired) electrons. The highest BCUT2D eigenvalue weighted by Gasteiger charge is 2.18. The third-order valence-corrected chi connectivity index (χ3v) is 5.91. The van der Waals surface area contributed by atoms with E-state index in [-0.39, 0.29) is 27.6 Å². The molecule has 0 fully saturated rings. The zero-order chi connectivity index (χ0) is 23.6. The van der Waals surface area contributed by atoms with Gasteiger partial charge in [0.15, 0.2) is 0 Å². The van der Waals surface area contributed by atoms with Gasteiger partial charge in [-0.05, 0) is 43.2 Å². The minimum Gasteiger partial charge on any atom is -0.352 e. The Morgan fingerprint density at radius 2 is 1.69 bits per heavy atom. The second-order valence-corrected chi connectivity index (χ2v) is 8.81. The Morgan fingerprint density at radius 3 is 2.41 bits per heavy atom. The number of halogens is 1. The molecule has 0 spiro atoms. The van der Waals surface area contributed by atoms with Crippen LogP contribution < -0.4 is 26.6 Å². The summed E-state index contributed by atoms with van der Waals surface area (Å²) in [6.45, 7) is 0.429. The highest BCUT2D eigenvalue weighted by atomic mass is 35.5. The van der Waals surface area contributed by atoms with Crippen LogP contribution in [-0.4, -0.2) is 32.8 Å². The van der Waals surface area contributed by atoms with Crippen LogP contribution in [0.1, 0.15) is 36.0 Å². The molecule has 0 atom stereocenters. The van der Waals surface area contributed by atoms with E-state index in [1.54, 1.807) is 18.2 Å². The first kappa shape index (κ1) is 25.0. The largest absolute Gasteiger partial charge is 0.352 e. The van der Waals surface area contributed by atoms with Gasteiger partial charge in [-0.3, -0.25) is 25.2 Å². The Kier molecular flexibility index (Phi) is 9.29. The molecule has 10 nitrogen and oxygen atoms in total. The molecule has 6 N–H and O–H groups in total. The van der Waals surface area contributed by atoms with Crippen LogP contribution in [0.2, 0.25) is 5.02 Å². The molecule has 0 aromatic heterocycles. The Hall–Kier alpha value is -3.31. The van der Waals surface area contributed by atoms with Crippen molar-refractivity contribution in [2.45, 2.75) is 30.6 Å².